The van der Waals surface area contributed by atoms with Crippen molar-refractivity contribution >= 4 is 34.4 Å². The smallest absolute Gasteiger partial charge is 0.302 e. The Bertz CT molecular complexity index is 1590. The SMILES string of the molecule is CCCOc1ccc(/C(O)=C2\C(=O)C(=O)N(c3nc4ccc(C)cc4[nH]3)C2c2ccc(OC)c(OC)c2)cc1. The first-order chi connectivity index (χ1) is 18.9. The number of rotatable bonds is 8. The number of carbonyl (C=O) groups excluding carboxylic acids is 2. The second-order valence-corrected chi connectivity index (χ2v) is 9.24. The first-order valence-corrected chi connectivity index (χ1v) is 12.6. The molecule has 4 aromatic rings. The molecule has 1 saturated heterocycles. The lowest BCUT2D eigenvalue weighted by atomic mass is 9.95. The van der Waals surface area contributed by atoms with Crippen LogP contribution in [-0.4, -0.2) is 47.6 Å². The zero-order valence-corrected chi connectivity index (χ0v) is 22.1. The fraction of sp³-hybridized carbons (Fsp3) is 0.233. The van der Waals surface area contributed by atoms with Crippen LogP contribution in [0.1, 0.15) is 36.1 Å². The van der Waals surface area contributed by atoms with Gasteiger partial charge in [-0.3, -0.25) is 14.5 Å². The van der Waals surface area contributed by atoms with Gasteiger partial charge in [0.1, 0.15) is 11.5 Å². The van der Waals surface area contributed by atoms with Gasteiger partial charge in [-0.15, -0.1) is 0 Å². The maximum Gasteiger partial charge on any atom is 0.302 e. The van der Waals surface area contributed by atoms with Gasteiger partial charge in [0, 0.05) is 5.56 Å². The van der Waals surface area contributed by atoms with Gasteiger partial charge in [-0.2, -0.15) is 0 Å². The van der Waals surface area contributed by atoms with Gasteiger partial charge < -0.3 is 24.3 Å². The Morgan fingerprint density at radius 1 is 1.00 bits per heavy atom. The van der Waals surface area contributed by atoms with Crippen molar-refractivity contribution < 1.29 is 28.9 Å². The van der Waals surface area contributed by atoms with Crippen molar-refractivity contribution in [3.05, 3.63) is 82.9 Å². The number of ketones is 1. The fourth-order valence-electron chi connectivity index (χ4n) is 4.70. The maximum atomic E-state index is 13.5. The van der Waals surface area contributed by atoms with Crippen LogP contribution in [0.2, 0.25) is 0 Å². The normalized spacial score (nSPS) is 16.6. The van der Waals surface area contributed by atoms with E-state index >= 15 is 0 Å². The van der Waals surface area contributed by atoms with Crippen LogP contribution in [0.4, 0.5) is 5.95 Å². The minimum Gasteiger partial charge on any atom is -0.507 e. The number of aryl methyl sites for hydroxylation is 1. The van der Waals surface area contributed by atoms with Gasteiger partial charge in [-0.1, -0.05) is 19.1 Å². The number of aromatic amines is 1. The molecular formula is C30H29N3O6. The summed E-state index contributed by atoms with van der Waals surface area (Å²) in [7, 11) is 3.02. The highest BCUT2D eigenvalue weighted by Crippen LogP contribution is 2.43. The summed E-state index contributed by atoms with van der Waals surface area (Å²) >= 11 is 0. The first kappa shape index (κ1) is 25.8. The number of carbonyl (C=O) groups is 2. The number of methoxy groups -OCH3 is 2. The lowest BCUT2D eigenvalue weighted by Crippen LogP contribution is -2.30. The van der Waals surface area contributed by atoms with E-state index in [0.717, 1.165) is 17.5 Å². The second kappa shape index (κ2) is 10.5. The molecule has 2 heterocycles. The van der Waals surface area contributed by atoms with Crippen LogP contribution >= 0.6 is 0 Å². The highest BCUT2D eigenvalue weighted by molar-refractivity contribution is 6.51. The van der Waals surface area contributed by atoms with E-state index in [4.69, 9.17) is 14.2 Å². The van der Waals surface area contributed by atoms with Gasteiger partial charge in [0.2, 0.25) is 5.95 Å². The number of nitrogens with one attached hydrogen (secondary N) is 1. The zero-order valence-electron chi connectivity index (χ0n) is 22.1. The third kappa shape index (κ3) is 4.67. The topological polar surface area (TPSA) is 114 Å². The first-order valence-electron chi connectivity index (χ1n) is 12.6. The Labute approximate surface area is 225 Å². The van der Waals surface area contributed by atoms with Gasteiger partial charge in [0.15, 0.2) is 11.5 Å². The quantitative estimate of drug-likeness (QED) is 0.181. The fourth-order valence-corrected chi connectivity index (χ4v) is 4.70. The van der Waals surface area contributed by atoms with Crippen LogP contribution in [0.5, 0.6) is 17.2 Å². The molecule has 1 atom stereocenters. The molecule has 0 spiro atoms. The van der Waals surface area contributed by atoms with Crippen molar-refractivity contribution in [2.24, 2.45) is 0 Å². The van der Waals surface area contributed by atoms with Gasteiger partial charge >= 0.3 is 5.91 Å². The van der Waals surface area contributed by atoms with E-state index < -0.39 is 17.7 Å². The molecule has 1 aliphatic heterocycles. The number of anilines is 1. The van der Waals surface area contributed by atoms with Gasteiger partial charge in [-0.25, -0.2) is 4.98 Å². The number of aliphatic hydroxyl groups excluding tert-OH is 1. The summed E-state index contributed by atoms with van der Waals surface area (Å²) in [5.74, 6) is -0.198. The number of H-pyrrole nitrogens is 1. The van der Waals surface area contributed by atoms with Crippen molar-refractivity contribution in [1.82, 2.24) is 9.97 Å². The summed E-state index contributed by atoms with van der Waals surface area (Å²) in [6, 6.07) is 16.5. The molecule has 39 heavy (non-hydrogen) atoms. The highest BCUT2D eigenvalue weighted by Gasteiger charge is 2.48. The number of hydrogen-bond acceptors (Lipinski definition) is 7. The summed E-state index contributed by atoms with van der Waals surface area (Å²) in [5, 5.41) is 11.4. The average Bonchev–Trinajstić information content (AvgIpc) is 3.48. The summed E-state index contributed by atoms with van der Waals surface area (Å²) in [6.45, 7) is 4.53. The van der Waals surface area contributed by atoms with Crippen LogP contribution in [0.25, 0.3) is 16.8 Å². The van der Waals surface area contributed by atoms with Gasteiger partial charge in [0.25, 0.3) is 5.78 Å². The van der Waals surface area contributed by atoms with Crippen molar-refractivity contribution in [2.75, 3.05) is 25.7 Å². The number of fused-ring (bicyclic) bond motifs is 1. The Kier molecular flexibility index (Phi) is 6.98. The minimum absolute atomic E-state index is 0.0638. The van der Waals surface area contributed by atoms with E-state index in [1.807, 2.05) is 32.0 Å². The van der Waals surface area contributed by atoms with E-state index in [2.05, 4.69) is 9.97 Å². The van der Waals surface area contributed by atoms with Crippen LogP contribution in [0.3, 0.4) is 0 Å². The zero-order chi connectivity index (χ0) is 27.7. The molecule has 5 rings (SSSR count). The van der Waals surface area contributed by atoms with Crippen molar-refractivity contribution in [1.29, 1.82) is 0 Å². The molecule has 1 unspecified atom stereocenters. The largest absolute Gasteiger partial charge is 0.507 e. The molecule has 1 fully saturated rings. The molecular weight excluding hydrogens is 498 g/mol. The van der Waals surface area contributed by atoms with E-state index in [-0.39, 0.29) is 17.3 Å². The molecule has 0 saturated carbocycles. The highest BCUT2D eigenvalue weighted by atomic mass is 16.5. The summed E-state index contributed by atoms with van der Waals surface area (Å²) in [6.07, 6.45) is 0.859. The molecule has 0 aliphatic carbocycles. The van der Waals surface area contributed by atoms with Crippen LogP contribution in [0.15, 0.2) is 66.2 Å². The Hall–Kier alpha value is -4.79. The number of amides is 1. The van der Waals surface area contributed by atoms with E-state index in [9.17, 15) is 14.7 Å². The lowest BCUT2D eigenvalue weighted by molar-refractivity contribution is -0.132. The Morgan fingerprint density at radius 3 is 2.44 bits per heavy atom. The predicted octanol–water partition coefficient (Wildman–Crippen LogP) is 5.30. The maximum absolute atomic E-state index is 13.5. The average molecular weight is 528 g/mol. The molecule has 9 nitrogen and oxygen atoms in total. The molecule has 1 amide bonds. The predicted molar refractivity (Wildman–Crippen MR) is 147 cm³/mol. The van der Waals surface area contributed by atoms with E-state index in [0.29, 0.717) is 40.5 Å². The molecule has 3 aromatic carbocycles. The third-order valence-corrected chi connectivity index (χ3v) is 6.62. The number of hydrogen-bond donors (Lipinski definition) is 2. The van der Waals surface area contributed by atoms with Gasteiger partial charge in [-0.05, 0) is 73.0 Å². The lowest BCUT2D eigenvalue weighted by Gasteiger charge is -2.24. The molecule has 1 aliphatic rings. The number of aromatic nitrogens is 2. The van der Waals surface area contributed by atoms with Crippen LogP contribution in [0, 0.1) is 6.92 Å². The van der Waals surface area contributed by atoms with Crippen molar-refractivity contribution in [3.63, 3.8) is 0 Å². The number of Topliss-reactive ketones (excluding diaryl/α,β-unsaturated/α-hetero) is 1. The second-order valence-electron chi connectivity index (χ2n) is 9.24. The van der Waals surface area contributed by atoms with Gasteiger partial charge in [0.05, 0.1) is 43.5 Å². The van der Waals surface area contributed by atoms with E-state index in [1.54, 1.807) is 42.5 Å². The third-order valence-electron chi connectivity index (χ3n) is 6.62. The molecule has 0 bridgehead atoms. The molecule has 200 valence electrons. The van der Waals surface area contributed by atoms with Crippen molar-refractivity contribution in [2.45, 2.75) is 26.3 Å². The van der Waals surface area contributed by atoms with Crippen molar-refractivity contribution in [3.8, 4) is 17.2 Å². The standard InChI is InChI=1S/C30H29N3O6/c1-5-14-39-20-10-7-18(8-11-20)27(34)25-26(19-9-13-23(37-3)24(16-19)38-4)33(29(36)28(25)35)30-31-21-12-6-17(2)15-22(21)32-30/h6-13,15-16,26,34H,5,14H2,1-4H3,(H,31,32)/b27-25+. The number of ether oxygens (including phenoxy) is 3. The number of nitrogens with zero attached hydrogens (tertiary/aromatic N) is 2. The number of benzene rings is 3. The number of aliphatic hydroxyl groups is 1. The molecule has 1 aromatic heterocycles. The molecule has 2 N–H and O–H groups in total. The summed E-state index contributed by atoms with van der Waals surface area (Å²) in [4.78, 5) is 36.1. The van der Waals surface area contributed by atoms with E-state index in [1.165, 1.54) is 19.1 Å². The minimum atomic E-state index is -0.984. The Morgan fingerprint density at radius 2 is 1.74 bits per heavy atom. The molecule has 9 heteroatoms. The Balaban J connectivity index is 1.68. The molecule has 0 radical (unpaired) electrons. The van der Waals surface area contributed by atoms with Crippen LogP contribution < -0.4 is 19.1 Å². The monoisotopic (exact) mass is 527 g/mol. The van der Waals surface area contributed by atoms with Crippen LogP contribution in [-0.2, 0) is 9.59 Å². The number of imidazole rings is 1. The summed E-state index contributed by atoms with van der Waals surface area (Å²) in [5.41, 5.74) is 3.23. The summed E-state index contributed by atoms with van der Waals surface area (Å²) < 4.78 is 16.5.